The van der Waals surface area contributed by atoms with Crippen molar-refractivity contribution in [2.75, 3.05) is 20.3 Å². The monoisotopic (exact) mass is 431 g/mol. The molecule has 2 N–H and O–H groups in total. The minimum absolute atomic E-state index is 0.00538. The number of benzene rings is 1. The van der Waals surface area contributed by atoms with Crippen LogP contribution < -0.4 is 20.1 Å². The largest absolute Gasteiger partial charge is 0.490 e. The average molecular weight is 432 g/mol. The minimum atomic E-state index is -0.176. The Morgan fingerprint density at radius 2 is 1.81 bits per heavy atom. The number of aromatic nitrogens is 2. The van der Waals surface area contributed by atoms with Crippen LogP contribution in [0.3, 0.4) is 0 Å². The zero-order valence-electron chi connectivity index (χ0n) is 19.9. The zero-order chi connectivity index (χ0) is 22.9. The van der Waals surface area contributed by atoms with Crippen molar-refractivity contribution in [3.63, 3.8) is 0 Å². The molecule has 1 aromatic heterocycles. The van der Waals surface area contributed by atoms with Gasteiger partial charge < -0.3 is 24.6 Å². The average Bonchev–Trinajstić information content (AvgIpc) is 3.23. The van der Waals surface area contributed by atoms with Gasteiger partial charge in [-0.1, -0.05) is 45.8 Å². The van der Waals surface area contributed by atoms with Gasteiger partial charge in [-0.3, -0.25) is 4.99 Å². The summed E-state index contributed by atoms with van der Waals surface area (Å²) in [4.78, 5) is 8.75. The van der Waals surface area contributed by atoms with E-state index in [1.807, 2.05) is 39.0 Å². The summed E-state index contributed by atoms with van der Waals surface area (Å²) in [5.74, 6) is 3.40. The van der Waals surface area contributed by atoms with Gasteiger partial charge in [-0.15, -0.1) is 0 Å². The molecule has 0 radical (unpaired) electrons. The first-order chi connectivity index (χ1) is 14.8. The number of rotatable bonds is 10. The summed E-state index contributed by atoms with van der Waals surface area (Å²) in [6.07, 6.45) is 1.89. The predicted molar refractivity (Wildman–Crippen MR) is 123 cm³/mol. The molecule has 1 unspecified atom stereocenters. The second kappa shape index (κ2) is 11.6. The highest BCUT2D eigenvalue weighted by molar-refractivity contribution is 5.80. The second-order valence-corrected chi connectivity index (χ2v) is 8.46. The van der Waals surface area contributed by atoms with Crippen LogP contribution in [0.25, 0.3) is 0 Å². The van der Waals surface area contributed by atoms with E-state index in [9.17, 15) is 0 Å². The molecule has 0 spiro atoms. The van der Waals surface area contributed by atoms with E-state index in [4.69, 9.17) is 14.0 Å². The van der Waals surface area contributed by atoms with Crippen LogP contribution >= 0.6 is 0 Å². The van der Waals surface area contributed by atoms with Crippen LogP contribution in [0.5, 0.6) is 11.5 Å². The molecule has 0 aliphatic heterocycles. The number of ether oxygens (including phenoxy) is 2. The Kier molecular flexibility index (Phi) is 9.15. The van der Waals surface area contributed by atoms with E-state index in [0.29, 0.717) is 37.4 Å². The Morgan fingerprint density at radius 1 is 1.13 bits per heavy atom. The van der Waals surface area contributed by atoms with Crippen LogP contribution in [0.4, 0.5) is 0 Å². The Balaban J connectivity index is 2.02. The summed E-state index contributed by atoms with van der Waals surface area (Å²) in [6, 6.07) is 6.05. The van der Waals surface area contributed by atoms with Crippen LogP contribution in [0.1, 0.15) is 77.7 Å². The zero-order valence-corrected chi connectivity index (χ0v) is 19.9. The molecule has 8 heteroatoms. The van der Waals surface area contributed by atoms with Crippen LogP contribution in [0, 0.1) is 0 Å². The first kappa shape index (κ1) is 24.5. The normalized spacial score (nSPS) is 13.1. The van der Waals surface area contributed by atoms with Gasteiger partial charge in [0.1, 0.15) is 0 Å². The maximum absolute atomic E-state index is 5.91. The lowest BCUT2D eigenvalue weighted by Gasteiger charge is -2.20. The molecule has 1 heterocycles. The maximum Gasteiger partial charge on any atom is 0.232 e. The molecule has 2 rings (SSSR count). The first-order valence-corrected chi connectivity index (χ1v) is 11.0. The lowest BCUT2D eigenvalue weighted by atomic mass is 9.97. The highest BCUT2D eigenvalue weighted by atomic mass is 16.5. The fourth-order valence-electron chi connectivity index (χ4n) is 2.73. The summed E-state index contributed by atoms with van der Waals surface area (Å²) >= 11 is 0. The van der Waals surface area contributed by atoms with Crippen LogP contribution in [-0.2, 0) is 12.0 Å². The Bertz CT molecular complexity index is 842. The lowest BCUT2D eigenvalue weighted by Crippen LogP contribution is -2.38. The number of hydrogen-bond acceptors (Lipinski definition) is 6. The van der Waals surface area contributed by atoms with E-state index in [2.05, 4.69) is 46.5 Å². The molecule has 2 aromatic rings. The molecule has 0 bridgehead atoms. The van der Waals surface area contributed by atoms with E-state index in [1.54, 1.807) is 7.05 Å². The van der Waals surface area contributed by atoms with Crippen LogP contribution in [-0.4, -0.2) is 36.4 Å². The van der Waals surface area contributed by atoms with Gasteiger partial charge in [0.15, 0.2) is 23.3 Å². The number of nitrogens with zero attached hydrogens (tertiary/aromatic N) is 3. The summed E-state index contributed by atoms with van der Waals surface area (Å²) < 4.78 is 17.1. The molecule has 31 heavy (non-hydrogen) atoms. The molecule has 0 aliphatic carbocycles. The van der Waals surface area contributed by atoms with Crippen molar-refractivity contribution in [3.8, 4) is 11.5 Å². The van der Waals surface area contributed by atoms with E-state index < -0.39 is 0 Å². The maximum atomic E-state index is 5.91. The van der Waals surface area contributed by atoms with Gasteiger partial charge in [0.2, 0.25) is 5.89 Å². The highest BCUT2D eigenvalue weighted by Crippen LogP contribution is 2.31. The molecule has 1 aromatic carbocycles. The summed E-state index contributed by atoms with van der Waals surface area (Å²) in [6.45, 7) is 14.1. The topological polar surface area (TPSA) is 93.8 Å². The fourth-order valence-corrected chi connectivity index (χ4v) is 2.73. The van der Waals surface area contributed by atoms with Gasteiger partial charge >= 0.3 is 0 Å². The third-order valence-corrected chi connectivity index (χ3v) is 4.49. The molecule has 8 nitrogen and oxygen atoms in total. The van der Waals surface area contributed by atoms with Gasteiger partial charge in [-0.25, -0.2) is 0 Å². The van der Waals surface area contributed by atoms with Gasteiger partial charge in [-0.2, -0.15) is 4.98 Å². The Hall–Kier alpha value is -2.77. The van der Waals surface area contributed by atoms with Crippen molar-refractivity contribution in [2.24, 2.45) is 4.99 Å². The number of nitrogens with one attached hydrogen (secondary N) is 2. The molecular weight excluding hydrogens is 394 g/mol. The van der Waals surface area contributed by atoms with Crippen molar-refractivity contribution in [2.45, 2.75) is 72.4 Å². The summed E-state index contributed by atoms with van der Waals surface area (Å²) in [5, 5.41) is 10.7. The second-order valence-electron chi connectivity index (χ2n) is 8.46. The minimum Gasteiger partial charge on any atom is -0.490 e. The molecule has 1 atom stereocenters. The van der Waals surface area contributed by atoms with Gasteiger partial charge in [0.25, 0.3) is 0 Å². The third-order valence-electron chi connectivity index (χ3n) is 4.49. The fraction of sp³-hybridized carbons (Fsp3) is 0.609. The van der Waals surface area contributed by atoms with Crippen molar-refractivity contribution in [1.29, 1.82) is 0 Å². The number of aliphatic imine (C=N–C) groups is 1. The molecule has 0 saturated heterocycles. The first-order valence-electron chi connectivity index (χ1n) is 11.0. The highest BCUT2D eigenvalue weighted by Gasteiger charge is 2.21. The molecule has 0 saturated carbocycles. The van der Waals surface area contributed by atoms with Crippen molar-refractivity contribution in [1.82, 2.24) is 20.8 Å². The SMILES string of the molecule is CCCOc1ccc(C(C)NC(=NC)NCc2noc(C(C)(C)C)n2)cc1OCCC. The van der Waals surface area contributed by atoms with Crippen molar-refractivity contribution in [3.05, 3.63) is 35.5 Å². The quantitative estimate of drug-likeness (QED) is 0.426. The summed E-state index contributed by atoms with van der Waals surface area (Å²) in [5.41, 5.74) is 0.900. The van der Waals surface area contributed by atoms with Gasteiger partial charge in [0, 0.05) is 12.5 Å². The van der Waals surface area contributed by atoms with Crippen molar-refractivity contribution < 1.29 is 14.0 Å². The number of guanidine groups is 1. The van der Waals surface area contributed by atoms with Crippen molar-refractivity contribution >= 4 is 5.96 Å². The Morgan fingerprint density at radius 3 is 2.39 bits per heavy atom. The molecule has 172 valence electrons. The smallest absolute Gasteiger partial charge is 0.232 e. The summed E-state index contributed by atoms with van der Waals surface area (Å²) in [7, 11) is 1.73. The standard InChI is InChI=1S/C23H37N5O3/c1-8-12-29-18-11-10-17(14-19(18)30-13-9-2)16(3)26-22(24-7)25-15-20-27-21(31-28-20)23(4,5)6/h10-11,14,16H,8-9,12-13,15H2,1-7H3,(H2,24,25,26). The molecule has 0 fully saturated rings. The molecular formula is C23H37N5O3. The van der Waals surface area contributed by atoms with E-state index in [-0.39, 0.29) is 11.5 Å². The predicted octanol–water partition coefficient (Wildman–Crippen LogP) is 4.37. The van der Waals surface area contributed by atoms with Crippen LogP contribution in [0.15, 0.2) is 27.7 Å². The Labute approximate surface area is 185 Å². The van der Waals surface area contributed by atoms with E-state index in [0.717, 1.165) is 29.9 Å². The van der Waals surface area contributed by atoms with E-state index in [1.165, 1.54) is 0 Å². The van der Waals surface area contributed by atoms with Gasteiger partial charge in [0.05, 0.1) is 25.8 Å². The molecule has 0 amide bonds. The lowest BCUT2D eigenvalue weighted by molar-refractivity contribution is 0.268. The number of hydrogen-bond donors (Lipinski definition) is 2. The van der Waals surface area contributed by atoms with Gasteiger partial charge in [-0.05, 0) is 37.5 Å². The molecule has 0 aliphatic rings. The van der Waals surface area contributed by atoms with Crippen LogP contribution in [0.2, 0.25) is 0 Å². The van der Waals surface area contributed by atoms with E-state index >= 15 is 0 Å². The third kappa shape index (κ3) is 7.45.